The molecule has 2 aromatic heterocycles. The molecular formula is C21H25N7O2. The SMILES string of the molecule is Cc1nc(N(C=O)CC(=O)N(C)C)cc(N2CC(c3nc4ccccc4n3C)C2)n1. The fourth-order valence-corrected chi connectivity index (χ4v) is 3.66. The van der Waals surface area contributed by atoms with Crippen molar-refractivity contribution in [1.82, 2.24) is 24.4 Å². The van der Waals surface area contributed by atoms with Crippen LogP contribution in [0.4, 0.5) is 11.6 Å². The van der Waals surface area contributed by atoms with Gasteiger partial charge in [-0.15, -0.1) is 0 Å². The number of carbonyl (C=O) groups excluding carboxylic acids is 2. The molecule has 1 fully saturated rings. The molecule has 9 heteroatoms. The van der Waals surface area contributed by atoms with Crippen LogP contribution in [0.1, 0.15) is 17.6 Å². The number of anilines is 2. The van der Waals surface area contributed by atoms with Crippen molar-refractivity contribution in [3.05, 3.63) is 42.0 Å². The minimum absolute atomic E-state index is 0.0606. The lowest BCUT2D eigenvalue weighted by Crippen LogP contribution is -2.46. The van der Waals surface area contributed by atoms with Gasteiger partial charge in [-0.05, 0) is 19.1 Å². The first kappa shape index (κ1) is 19.8. The van der Waals surface area contributed by atoms with Crippen LogP contribution in [0.15, 0.2) is 30.3 Å². The van der Waals surface area contributed by atoms with E-state index in [0.29, 0.717) is 24.0 Å². The lowest BCUT2D eigenvalue weighted by Gasteiger charge is -2.40. The van der Waals surface area contributed by atoms with Crippen LogP contribution in [0.2, 0.25) is 0 Å². The predicted molar refractivity (Wildman–Crippen MR) is 115 cm³/mol. The fourth-order valence-electron chi connectivity index (χ4n) is 3.66. The van der Waals surface area contributed by atoms with Crippen LogP contribution in [0.5, 0.6) is 0 Å². The van der Waals surface area contributed by atoms with Crippen molar-refractivity contribution in [2.45, 2.75) is 12.8 Å². The highest BCUT2D eigenvalue weighted by Gasteiger charge is 2.33. The average molecular weight is 407 g/mol. The van der Waals surface area contributed by atoms with Crippen LogP contribution in [-0.4, -0.2) is 70.5 Å². The highest BCUT2D eigenvalue weighted by Crippen LogP contribution is 2.32. The predicted octanol–water partition coefficient (Wildman–Crippen LogP) is 1.33. The number of aryl methyl sites for hydroxylation is 2. The van der Waals surface area contributed by atoms with Gasteiger partial charge in [0.15, 0.2) is 0 Å². The van der Waals surface area contributed by atoms with Gasteiger partial charge in [-0.2, -0.15) is 0 Å². The van der Waals surface area contributed by atoms with E-state index >= 15 is 0 Å². The molecule has 0 saturated carbocycles. The van der Waals surface area contributed by atoms with Gasteiger partial charge >= 0.3 is 0 Å². The lowest BCUT2D eigenvalue weighted by molar-refractivity contribution is -0.128. The summed E-state index contributed by atoms with van der Waals surface area (Å²) in [5.74, 6) is 2.91. The molecule has 1 aromatic carbocycles. The standard InChI is InChI=1S/C21H25N7O2/c1-14-22-18(9-19(23-14)28(13-29)12-20(30)25(2)3)27-10-15(11-27)21-24-16-7-5-6-8-17(16)26(21)4/h5-9,13,15H,10-12H2,1-4H3. The Labute approximate surface area is 174 Å². The summed E-state index contributed by atoms with van der Waals surface area (Å²) in [6.07, 6.45) is 0.630. The third-order valence-electron chi connectivity index (χ3n) is 5.43. The van der Waals surface area contributed by atoms with E-state index in [1.807, 2.05) is 25.2 Å². The summed E-state index contributed by atoms with van der Waals surface area (Å²) in [5, 5.41) is 0. The Morgan fingerprint density at radius 2 is 1.93 bits per heavy atom. The number of hydrogen-bond donors (Lipinski definition) is 0. The summed E-state index contributed by atoms with van der Waals surface area (Å²) in [4.78, 5) is 42.2. The first-order valence-corrected chi connectivity index (χ1v) is 9.81. The second-order valence-corrected chi connectivity index (χ2v) is 7.77. The maximum Gasteiger partial charge on any atom is 0.242 e. The van der Waals surface area contributed by atoms with E-state index in [0.717, 1.165) is 35.8 Å². The molecule has 0 bridgehead atoms. The van der Waals surface area contributed by atoms with Crippen molar-refractivity contribution in [3.8, 4) is 0 Å². The van der Waals surface area contributed by atoms with Gasteiger partial charge in [0.2, 0.25) is 12.3 Å². The molecule has 0 N–H and O–H groups in total. The van der Waals surface area contributed by atoms with Crippen molar-refractivity contribution in [2.24, 2.45) is 7.05 Å². The molecule has 3 aromatic rings. The van der Waals surface area contributed by atoms with Crippen molar-refractivity contribution in [3.63, 3.8) is 0 Å². The third kappa shape index (κ3) is 3.58. The molecule has 0 unspecified atom stereocenters. The number of hydrogen-bond acceptors (Lipinski definition) is 6. The number of benzene rings is 1. The van der Waals surface area contributed by atoms with E-state index in [1.165, 1.54) is 9.80 Å². The summed E-state index contributed by atoms with van der Waals surface area (Å²) in [5.41, 5.74) is 2.12. The molecule has 0 radical (unpaired) electrons. The zero-order valence-electron chi connectivity index (χ0n) is 17.6. The van der Waals surface area contributed by atoms with E-state index in [1.54, 1.807) is 27.1 Å². The van der Waals surface area contributed by atoms with E-state index in [-0.39, 0.29) is 12.5 Å². The van der Waals surface area contributed by atoms with Gasteiger partial charge < -0.3 is 14.4 Å². The normalized spacial score (nSPS) is 13.9. The molecule has 1 aliphatic rings. The lowest BCUT2D eigenvalue weighted by atomic mass is 9.99. The monoisotopic (exact) mass is 407 g/mol. The number of amides is 2. The minimum atomic E-state index is -0.175. The van der Waals surface area contributed by atoms with Crippen LogP contribution in [0, 0.1) is 6.92 Å². The maximum atomic E-state index is 12.0. The van der Waals surface area contributed by atoms with Gasteiger partial charge in [0, 0.05) is 40.3 Å². The first-order valence-electron chi connectivity index (χ1n) is 9.81. The molecule has 1 aliphatic heterocycles. The number of likely N-dealkylation sites (N-methyl/N-ethyl adjacent to an activating group) is 1. The van der Waals surface area contributed by atoms with Gasteiger partial charge in [-0.3, -0.25) is 14.5 Å². The smallest absolute Gasteiger partial charge is 0.242 e. The number of para-hydroxylation sites is 2. The summed E-state index contributed by atoms with van der Waals surface area (Å²) in [6, 6.07) is 9.88. The van der Waals surface area contributed by atoms with E-state index in [9.17, 15) is 9.59 Å². The molecule has 0 atom stereocenters. The minimum Gasteiger partial charge on any atom is -0.355 e. The van der Waals surface area contributed by atoms with Gasteiger partial charge in [-0.1, -0.05) is 12.1 Å². The highest BCUT2D eigenvalue weighted by molar-refractivity contribution is 5.88. The van der Waals surface area contributed by atoms with Crippen LogP contribution in [0.3, 0.4) is 0 Å². The number of rotatable bonds is 6. The number of carbonyl (C=O) groups is 2. The number of nitrogens with zero attached hydrogens (tertiary/aromatic N) is 7. The first-order chi connectivity index (χ1) is 14.4. The van der Waals surface area contributed by atoms with Gasteiger partial charge in [0.25, 0.3) is 0 Å². The second kappa shape index (κ2) is 7.74. The van der Waals surface area contributed by atoms with Crippen LogP contribution >= 0.6 is 0 Å². The summed E-state index contributed by atoms with van der Waals surface area (Å²) in [6.45, 7) is 3.29. The molecular weight excluding hydrogens is 382 g/mol. The van der Waals surface area contributed by atoms with Gasteiger partial charge in [0.1, 0.15) is 29.8 Å². The van der Waals surface area contributed by atoms with Crippen LogP contribution in [-0.2, 0) is 16.6 Å². The van der Waals surface area contributed by atoms with E-state index in [2.05, 4.69) is 25.5 Å². The zero-order valence-corrected chi connectivity index (χ0v) is 17.6. The average Bonchev–Trinajstić information content (AvgIpc) is 3.01. The molecule has 156 valence electrons. The number of imidazole rings is 1. The Bertz CT molecular complexity index is 1100. The second-order valence-electron chi connectivity index (χ2n) is 7.77. The molecule has 1 saturated heterocycles. The van der Waals surface area contributed by atoms with Crippen molar-refractivity contribution >= 4 is 35.0 Å². The molecule has 30 heavy (non-hydrogen) atoms. The quantitative estimate of drug-likeness (QED) is 0.573. The van der Waals surface area contributed by atoms with Gasteiger partial charge in [0.05, 0.1) is 17.0 Å². The molecule has 0 aliphatic carbocycles. The van der Waals surface area contributed by atoms with E-state index < -0.39 is 0 Å². The van der Waals surface area contributed by atoms with Crippen molar-refractivity contribution in [1.29, 1.82) is 0 Å². The Morgan fingerprint density at radius 3 is 2.60 bits per heavy atom. The maximum absolute atomic E-state index is 12.0. The van der Waals surface area contributed by atoms with Crippen LogP contribution in [0.25, 0.3) is 11.0 Å². The molecule has 3 heterocycles. The summed E-state index contributed by atoms with van der Waals surface area (Å²) >= 11 is 0. The van der Waals surface area contributed by atoms with Crippen molar-refractivity contribution < 1.29 is 9.59 Å². The Morgan fingerprint density at radius 1 is 1.20 bits per heavy atom. The largest absolute Gasteiger partial charge is 0.355 e. The number of fused-ring (bicyclic) bond motifs is 1. The third-order valence-corrected chi connectivity index (χ3v) is 5.43. The number of aromatic nitrogens is 4. The Balaban J connectivity index is 1.52. The zero-order chi connectivity index (χ0) is 21.4. The highest BCUT2D eigenvalue weighted by atomic mass is 16.2. The van der Waals surface area contributed by atoms with Crippen LogP contribution < -0.4 is 9.80 Å². The fraction of sp³-hybridized carbons (Fsp3) is 0.381. The topological polar surface area (TPSA) is 87.5 Å². The van der Waals surface area contributed by atoms with Crippen molar-refractivity contribution in [2.75, 3.05) is 43.5 Å². The Kier molecular flexibility index (Phi) is 5.11. The molecule has 0 spiro atoms. The molecule has 2 amide bonds. The molecule has 4 rings (SSSR count). The molecule has 9 nitrogen and oxygen atoms in total. The van der Waals surface area contributed by atoms with Gasteiger partial charge in [-0.25, -0.2) is 15.0 Å². The van der Waals surface area contributed by atoms with E-state index in [4.69, 9.17) is 4.98 Å². The Hall–Kier alpha value is -3.49. The summed E-state index contributed by atoms with van der Waals surface area (Å²) in [7, 11) is 5.36. The summed E-state index contributed by atoms with van der Waals surface area (Å²) < 4.78 is 2.15.